The number of halogens is 1. The molecular weight excluding hydrogens is 243 g/mol. The van der Waals surface area contributed by atoms with Gasteiger partial charge in [-0.2, -0.15) is 0 Å². The Bertz CT molecular complexity index is 419. The van der Waals surface area contributed by atoms with E-state index in [4.69, 9.17) is 0 Å². The van der Waals surface area contributed by atoms with Crippen molar-refractivity contribution < 1.29 is 9.18 Å². The molecule has 1 aromatic carbocycles. The molecule has 104 valence electrons. The quantitative estimate of drug-likeness (QED) is 0.875. The maximum atomic E-state index is 12.7. The molecule has 1 aliphatic heterocycles. The first-order chi connectivity index (χ1) is 9.15. The largest absolute Gasteiger partial charge is 0.352 e. The monoisotopic (exact) mass is 264 g/mol. The summed E-state index contributed by atoms with van der Waals surface area (Å²) in [6.07, 6.45) is 2.89. The van der Waals surface area contributed by atoms with Gasteiger partial charge in [-0.15, -0.1) is 0 Å². The van der Waals surface area contributed by atoms with Crippen molar-refractivity contribution >= 4 is 5.91 Å². The first-order valence-electron chi connectivity index (χ1n) is 6.89. The van der Waals surface area contributed by atoms with Gasteiger partial charge in [-0.05, 0) is 43.0 Å². The zero-order chi connectivity index (χ0) is 13.7. The van der Waals surface area contributed by atoms with Gasteiger partial charge >= 0.3 is 0 Å². The van der Waals surface area contributed by atoms with Gasteiger partial charge in [0.25, 0.3) is 0 Å². The van der Waals surface area contributed by atoms with E-state index in [2.05, 4.69) is 17.6 Å². The van der Waals surface area contributed by atoms with Crippen molar-refractivity contribution in [1.29, 1.82) is 0 Å². The van der Waals surface area contributed by atoms with Crippen LogP contribution in [0.2, 0.25) is 0 Å². The fraction of sp³-hybridized carbons (Fsp3) is 0.533. The summed E-state index contributed by atoms with van der Waals surface area (Å²) in [5.41, 5.74) is 0.916. The molecule has 2 atom stereocenters. The van der Waals surface area contributed by atoms with Gasteiger partial charge in [-0.25, -0.2) is 4.39 Å². The van der Waals surface area contributed by atoms with Gasteiger partial charge in [0.15, 0.2) is 0 Å². The molecule has 0 spiro atoms. The van der Waals surface area contributed by atoms with E-state index in [-0.39, 0.29) is 17.8 Å². The van der Waals surface area contributed by atoms with Crippen LogP contribution >= 0.6 is 0 Å². The first kappa shape index (κ1) is 14.0. The number of piperidine rings is 1. The minimum absolute atomic E-state index is 0.0515. The predicted octanol–water partition coefficient (Wildman–Crippen LogP) is 2.22. The average Bonchev–Trinajstić information content (AvgIpc) is 2.41. The van der Waals surface area contributed by atoms with Crippen LogP contribution in [0.25, 0.3) is 0 Å². The van der Waals surface area contributed by atoms with Gasteiger partial charge in [0.1, 0.15) is 5.82 Å². The number of hydrogen-bond acceptors (Lipinski definition) is 2. The molecule has 2 unspecified atom stereocenters. The molecule has 3 nitrogen and oxygen atoms in total. The zero-order valence-electron chi connectivity index (χ0n) is 11.3. The van der Waals surface area contributed by atoms with Gasteiger partial charge in [0.2, 0.25) is 5.91 Å². The topological polar surface area (TPSA) is 41.1 Å². The molecule has 2 N–H and O–H groups in total. The molecule has 0 aromatic heterocycles. The summed E-state index contributed by atoms with van der Waals surface area (Å²) in [6.45, 7) is 3.64. The van der Waals surface area contributed by atoms with Crippen molar-refractivity contribution in [3.05, 3.63) is 35.6 Å². The van der Waals surface area contributed by atoms with E-state index in [0.717, 1.165) is 12.1 Å². The van der Waals surface area contributed by atoms with Gasteiger partial charge in [0, 0.05) is 19.0 Å². The van der Waals surface area contributed by atoms with Crippen LogP contribution in [0.15, 0.2) is 24.3 Å². The van der Waals surface area contributed by atoms with Crippen molar-refractivity contribution in [2.75, 3.05) is 6.54 Å². The Hall–Kier alpha value is -1.42. The van der Waals surface area contributed by atoms with Gasteiger partial charge in [0.05, 0.1) is 0 Å². The molecule has 1 fully saturated rings. The van der Waals surface area contributed by atoms with Crippen LogP contribution in [0, 0.1) is 11.7 Å². The lowest BCUT2D eigenvalue weighted by molar-refractivity contribution is -0.122. The summed E-state index contributed by atoms with van der Waals surface area (Å²) < 4.78 is 12.7. The van der Waals surface area contributed by atoms with E-state index in [0.29, 0.717) is 18.9 Å². The lowest BCUT2D eigenvalue weighted by atomic mass is 9.90. The van der Waals surface area contributed by atoms with Gasteiger partial charge < -0.3 is 10.6 Å². The average molecular weight is 264 g/mol. The lowest BCUT2D eigenvalue weighted by Gasteiger charge is -2.29. The third-order valence-electron chi connectivity index (χ3n) is 3.74. The second-order valence-corrected chi connectivity index (χ2v) is 5.29. The molecule has 1 aliphatic rings. The Kier molecular flexibility index (Phi) is 4.91. The van der Waals surface area contributed by atoms with Crippen LogP contribution in [-0.4, -0.2) is 18.5 Å². The highest BCUT2D eigenvalue weighted by Crippen LogP contribution is 2.17. The van der Waals surface area contributed by atoms with Crippen molar-refractivity contribution in [1.82, 2.24) is 10.6 Å². The van der Waals surface area contributed by atoms with Crippen molar-refractivity contribution in [2.24, 2.45) is 5.92 Å². The third-order valence-corrected chi connectivity index (χ3v) is 3.74. The predicted molar refractivity (Wildman–Crippen MR) is 73.1 cm³/mol. The maximum Gasteiger partial charge on any atom is 0.221 e. The number of nitrogens with one attached hydrogen (secondary N) is 2. The number of hydrogen-bond donors (Lipinski definition) is 2. The van der Waals surface area contributed by atoms with Crippen LogP contribution in [0.4, 0.5) is 4.39 Å². The van der Waals surface area contributed by atoms with Gasteiger partial charge in [-0.1, -0.05) is 19.1 Å². The van der Waals surface area contributed by atoms with E-state index in [9.17, 15) is 9.18 Å². The van der Waals surface area contributed by atoms with Crippen LogP contribution < -0.4 is 10.6 Å². The Morgan fingerprint density at radius 1 is 1.42 bits per heavy atom. The highest BCUT2D eigenvalue weighted by atomic mass is 19.1. The van der Waals surface area contributed by atoms with Gasteiger partial charge in [-0.3, -0.25) is 4.79 Å². The highest BCUT2D eigenvalue weighted by molar-refractivity contribution is 5.76. The highest BCUT2D eigenvalue weighted by Gasteiger charge is 2.22. The number of rotatable bonds is 4. The number of carbonyl (C=O) groups is 1. The molecule has 0 aliphatic carbocycles. The normalized spacial score (nSPS) is 23.1. The SMILES string of the molecule is CC1CCCNC1CC(=O)NCc1ccc(F)cc1. The molecule has 1 aromatic rings. The summed E-state index contributed by atoms with van der Waals surface area (Å²) in [5, 5.41) is 6.28. The fourth-order valence-electron chi connectivity index (χ4n) is 2.46. The molecule has 1 saturated heterocycles. The molecular formula is C15H21FN2O. The summed E-state index contributed by atoms with van der Waals surface area (Å²) in [7, 11) is 0. The zero-order valence-corrected chi connectivity index (χ0v) is 11.3. The second-order valence-electron chi connectivity index (χ2n) is 5.29. The lowest BCUT2D eigenvalue weighted by Crippen LogP contribution is -2.43. The van der Waals surface area contributed by atoms with E-state index in [1.54, 1.807) is 12.1 Å². The van der Waals surface area contributed by atoms with Crippen LogP contribution in [0.1, 0.15) is 31.7 Å². The third kappa shape index (κ3) is 4.31. The molecule has 0 radical (unpaired) electrons. The molecule has 1 amide bonds. The first-order valence-corrected chi connectivity index (χ1v) is 6.89. The van der Waals surface area contributed by atoms with E-state index in [1.165, 1.54) is 25.0 Å². The number of carbonyl (C=O) groups excluding carboxylic acids is 1. The van der Waals surface area contributed by atoms with Crippen LogP contribution in [0.5, 0.6) is 0 Å². The Morgan fingerprint density at radius 3 is 2.84 bits per heavy atom. The molecule has 2 rings (SSSR count). The molecule has 1 heterocycles. The van der Waals surface area contributed by atoms with E-state index < -0.39 is 0 Å². The Balaban J connectivity index is 1.76. The molecule has 19 heavy (non-hydrogen) atoms. The summed E-state index contributed by atoms with van der Waals surface area (Å²) in [5.74, 6) is 0.344. The number of benzene rings is 1. The van der Waals surface area contributed by atoms with E-state index >= 15 is 0 Å². The maximum absolute atomic E-state index is 12.7. The van der Waals surface area contributed by atoms with Crippen molar-refractivity contribution in [3.63, 3.8) is 0 Å². The summed E-state index contributed by atoms with van der Waals surface area (Å²) >= 11 is 0. The van der Waals surface area contributed by atoms with Crippen molar-refractivity contribution in [2.45, 2.75) is 38.8 Å². The molecule has 0 bridgehead atoms. The fourth-order valence-corrected chi connectivity index (χ4v) is 2.46. The van der Waals surface area contributed by atoms with Crippen LogP contribution in [0.3, 0.4) is 0 Å². The summed E-state index contributed by atoms with van der Waals surface area (Å²) in [4.78, 5) is 11.9. The minimum atomic E-state index is -0.254. The summed E-state index contributed by atoms with van der Waals surface area (Å²) in [6, 6.07) is 6.48. The second kappa shape index (κ2) is 6.66. The van der Waals surface area contributed by atoms with Crippen LogP contribution in [-0.2, 0) is 11.3 Å². The molecule has 4 heteroatoms. The standard InChI is InChI=1S/C15H21FN2O/c1-11-3-2-8-17-14(11)9-15(19)18-10-12-4-6-13(16)7-5-12/h4-7,11,14,17H,2-3,8-10H2,1H3,(H,18,19). The number of amides is 1. The smallest absolute Gasteiger partial charge is 0.221 e. The Labute approximate surface area is 113 Å². The minimum Gasteiger partial charge on any atom is -0.352 e. The van der Waals surface area contributed by atoms with E-state index in [1.807, 2.05) is 0 Å². The Morgan fingerprint density at radius 2 is 2.16 bits per heavy atom. The van der Waals surface area contributed by atoms with Crippen molar-refractivity contribution in [3.8, 4) is 0 Å². The molecule has 0 saturated carbocycles.